The summed E-state index contributed by atoms with van der Waals surface area (Å²) in [5.41, 5.74) is 6.21. The predicted molar refractivity (Wildman–Crippen MR) is 61.8 cm³/mol. The molecule has 3 fully saturated rings. The van der Waals surface area contributed by atoms with Gasteiger partial charge in [-0.25, -0.2) is 0 Å². The molecule has 0 spiro atoms. The highest BCUT2D eigenvalue weighted by molar-refractivity contribution is 4.91. The van der Waals surface area contributed by atoms with E-state index in [0.717, 1.165) is 37.4 Å². The van der Waals surface area contributed by atoms with Crippen molar-refractivity contribution in [2.45, 2.75) is 50.9 Å². The Morgan fingerprint density at radius 3 is 2.50 bits per heavy atom. The zero-order valence-electron chi connectivity index (χ0n) is 9.94. The Morgan fingerprint density at radius 2 is 1.88 bits per heavy atom. The monoisotopic (exact) mass is 225 g/mol. The van der Waals surface area contributed by atoms with E-state index in [1.807, 2.05) is 0 Å². The van der Waals surface area contributed by atoms with Crippen molar-refractivity contribution in [3.8, 4) is 0 Å². The lowest BCUT2D eigenvalue weighted by atomic mass is 9.84. The normalized spacial score (nSPS) is 40.7. The number of hydrogen-bond donors (Lipinski definition) is 1. The summed E-state index contributed by atoms with van der Waals surface area (Å²) >= 11 is 0. The fourth-order valence-corrected chi connectivity index (χ4v) is 3.94. The van der Waals surface area contributed by atoms with E-state index in [1.165, 1.54) is 32.1 Å². The van der Waals surface area contributed by atoms with Crippen LogP contribution in [0.25, 0.3) is 0 Å². The van der Waals surface area contributed by atoms with Crippen LogP contribution in [0.3, 0.4) is 0 Å². The molecule has 16 heavy (non-hydrogen) atoms. The minimum absolute atomic E-state index is 0.0198. The zero-order chi connectivity index (χ0) is 11.0. The number of ether oxygens (including phenoxy) is 2. The molecule has 92 valence electrons. The van der Waals surface area contributed by atoms with Gasteiger partial charge in [0, 0.05) is 12.5 Å². The first-order valence-electron chi connectivity index (χ1n) is 6.80. The lowest BCUT2D eigenvalue weighted by Gasteiger charge is -2.25. The van der Waals surface area contributed by atoms with Crippen LogP contribution in [0.4, 0.5) is 0 Å². The third kappa shape index (κ3) is 2.27. The lowest BCUT2D eigenvalue weighted by molar-refractivity contribution is -0.0519. The molecule has 4 unspecified atom stereocenters. The average Bonchev–Trinajstić information content (AvgIpc) is 2.92. The molecule has 0 radical (unpaired) electrons. The molecule has 0 amide bonds. The second kappa shape index (κ2) is 4.63. The molecule has 0 aromatic carbocycles. The molecule has 1 aliphatic heterocycles. The maximum absolute atomic E-state index is 6.21. The van der Waals surface area contributed by atoms with Crippen LogP contribution in [0.1, 0.15) is 38.5 Å². The largest absolute Gasteiger partial charge is 0.350 e. The van der Waals surface area contributed by atoms with E-state index in [-0.39, 0.29) is 12.3 Å². The molecule has 3 aliphatic rings. The van der Waals surface area contributed by atoms with Crippen LogP contribution in [0.2, 0.25) is 0 Å². The Bertz CT molecular complexity index is 240. The second-order valence-corrected chi connectivity index (χ2v) is 5.84. The summed E-state index contributed by atoms with van der Waals surface area (Å²) < 4.78 is 10.9. The number of nitrogens with two attached hydrogens (primary N) is 1. The van der Waals surface area contributed by atoms with Gasteiger partial charge in [-0.2, -0.15) is 0 Å². The zero-order valence-corrected chi connectivity index (χ0v) is 9.94. The van der Waals surface area contributed by atoms with Crippen molar-refractivity contribution < 1.29 is 9.47 Å². The van der Waals surface area contributed by atoms with Gasteiger partial charge in [-0.1, -0.05) is 6.42 Å². The summed E-state index contributed by atoms with van der Waals surface area (Å²) in [4.78, 5) is 0. The fourth-order valence-electron chi connectivity index (χ4n) is 3.94. The average molecular weight is 225 g/mol. The summed E-state index contributed by atoms with van der Waals surface area (Å²) in [7, 11) is 0. The van der Waals surface area contributed by atoms with Gasteiger partial charge in [-0.05, 0) is 43.4 Å². The number of hydrogen-bond acceptors (Lipinski definition) is 3. The first-order valence-corrected chi connectivity index (χ1v) is 6.80. The lowest BCUT2D eigenvalue weighted by Crippen LogP contribution is -2.30. The van der Waals surface area contributed by atoms with Crippen molar-refractivity contribution in [2.24, 2.45) is 23.5 Å². The van der Waals surface area contributed by atoms with E-state index in [2.05, 4.69) is 0 Å². The quantitative estimate of drug-likeness (QED) is 0.794. The SMILES string of the molecule is NC(CC1OCCO1)CC1CC2CCC1C2. The molecule has 1 heterocycles. The van der Waals surface area contributed by atoms with Crippen LogP contribution in [0, 0.1) is 17.8 Å². The molecule has 2 bridgehead atoms. The second-order valence-electron chi connectivity index (χ2n) is 5.84. The Labute approximate surface area is 97.7 Å². The molecular formula is C13H23NO2. The Morgan fingerprint density at radius 1 is 1.06 bits per heavy atom. The van der Waals surface area contributed by atoms with Crippen molar-refractivity contribution in [1.29, 1.82) is 0 Å². The van der Waals surface area contributed by atoms with Gasteiger partial charge in [0.15, 0.2) is 6.29 Å². The van der Waals surface area contributed by atoms with Gasteiger partial charge >= 0.3 is 0 Å². The molecule has 0 aromatic heterocycles. The van der Waals surface area contributed by atoms with Crippen LogP contribution >= 0.6 is 0 Å². The molecule has 3 heteroatoms. The highest BCUT2D eigenvalue weighted by Gasteiger charge is 2.40. The Hall–Kier alpha value is -0.120. The van der Waals surface area contributed by atoms with Gasteiger partial charge in [-0.3, -0.25) is 0 Å². The van der Waals surface area contributed by atoms with Crippen LogP contribution in [-0.4, -0.2) is 25.5 Å². The van der Waals surface area contributed by atoms with Crippen molar-refractivity contribution in [2.75, 3.05) is 13.2 Å². The smallest absolute Gasteiger partial charge is 0.159 e. The maximum atomic E-state index is 6.21. The Balaban J connectivity index is 1.43. The van der Waals surface area contributed by atoms with Gasteiger partial charge in [0.25, 0.3) is 0 Å². The summed E-state index contributed by atoms with van der Waals surface area (Å²) in [6.45, 7) is 1.48. The summed E-state index contributed by atoms with van der Waals surface area (Å²) in [5, 5.41) is 0. The highest BCUT2D eigenvalue weighted by atomic mass is 16.7. The van der Waals surface area contributed by atoms with E-state index in [1.54, 1.807) is 0 Å². The maximum Gasteiger partial charge on any atom is 0.159 e. The first kappa shape index (κ1) is 11.0. The number of rotatable bonds is 4. The third-order valence-electron chi connectivity index (χ3n) is 4.68. The van der Waals surface area contributed by atoms with Gasteiger partial charge in [0.1, 0.15) is 0 Å². The third-order valence-corrected chi connectivity index (χ3v) is 4.68. The van der Waals surface area contributed by atoms with Crippen LogP contribution in [-0.2, 0) is 9.47 Å². The predicted octanol–water partition coefficient (Wildman–Crippen LogP) is 1.90. The van der Waals surface area contributed by atoms with E-state index in [4.69, 9.17) is 15.2 Å². The fraction of sp³-hybridized carbons (Fsp3) is 1.00. The van der Waals surface area contributed by atoms with Crippen molar-refractivity contribution in [1.82, 2.24) is 0 Å². The first-order chi connectivity index (χ1) is 7.81. The molecule has 3 nitrogen and oxygen atoms in total. The van der Waals surface area contributed by atoms with Gasteiger partial charge in [0.05, 0.1) is 13.2 Å². The van der Waals surface area contributed by atoms with Crippen LogP contribution in [0.5, 0.6) is 0 Å². The molecule has 2 saturated carbocycles. The van der Waals surface area contributed by atoms with E-state index < -0.39 is 0 Å². The van der Waals surface area contributed by atoms with Crippen molar-refractivity contribution >= 4 is 0 Å². The summed E-state index contributed by atoms with van der Waals surface area (Å²) in [5.74, 6) is 2.91. The minimum Gasteiger partial charge on any atom is -0.350 e. The van der Waals surface area contributed by atoms with Gasteiger partial charge in [-0.15, -0.1) is 0 Å². The van der Waals surface area contributed by atoms with Gasteiger partial charge < -0.3 is 15.2 Å². The molecule has 2 N–H and O–H groups in total. The molecule has 1 saturated heterocycles. The van der Waals surface area contributed by atoms with E-state index in [9.17, 15) is 0 Å². The molecule has 0 aromatic rings. The van der Waals surface area contributed by atoms with Crippen LogP contribution in [0.15, 0.2) is 0 Å². The Kier molecular flexibility index (Phi) is 3.18. The van der Waals surface area contributed by atoms with Crippen molar-refractivity contribution in [3.05, 3.63) is 0 Å². The summed E-state index contributed by atoms with van der Waals surface area (Å²) in [6.07, 6.45) is 7.90. The van der Waals surface area contributed by atoms with E-state index in [0.29, 0.717) is 0 Å². The molecule has 2 aliphatic carbocycles. The van der Waals surface area contributed by atoms with E-state index >= 15 is 0 Å². The molecule has 3 rings (SSSR count). The number of fused-ring (bicyclic) bond motifs is 2. The minimum atomic E-state index is -0.0198. The van der Waals surface area contributed by atoms with Crippen LogP contribution < -0.4 is 5.73 Å². The molecule has 4 atom stereocenters. The van der Waals surface area contributed by atoms with Gasteiger partial charge in [0.2, 0.25) is 0 Å². The standard InChI is InChI=1S/C13H23NO2/c14-12(8-13-15-3-4-16-13)7-11-6-9-1-2-10(11)5-9/h9-13H,1-8,14H2. The molecular weight excluding hydrogens is 202 g/mol. The van der Waals surface area contributed by atoms with Crippen molar-refractivity contribution in [3.63, 3.8) is 0 Å². The topological polar surface area (TPSA) is 44.5 Å². The summed E-state index contributed by atoms with van der Waals surface area (Å²) in [6, 6.07) is 0.271. The highest BCUT2D eigenvalue weighted by Crippen LogP contribution is 2.49.